The highest BCUT2D eigenvalue weighted by molar-refractivity contribution is 5.36. The van der Waals surface area contributed by atoms with Crippen molar-refractivity contribution in [2.75, 3.05) is 0 Å². The van der Waals surface area contributed by atoms with Crippen molar-refractivity contribution in [1.29, 1.82) is 0 Å². The van der Waals surface area contributed by atoms with E-state index in [9.17, 15) is 5.11 Å². The molecule has 0 fully saturated rings. The second-order valence-corrected chi connectivity index (χ2v) is 6.51. The molecule has 1 nitrogen and oxygen atoms in total. The van der Waals surface area contributed by atoms with Crippen LogP contribution in [0.5, 0.6) is 5.75 Å². The summed E-state index contributed by atoms with van der Waals surface area (Å²) in [5.41, 5.74) is 1.24. The van der Waals surface area contributed by atoms with Gasteiger partial charge in [-0.2, -0.15) is 0 Å². The number of hydrogen-bond acceptors (Lipinski definition) is 1. The minimum absolute atomic E-state index is 0.155. The molecule has 0 aliphatic heterocycles. The summed E-state index contributed by atoms with van der Waals surface area (Å²) >= 11 is 0. The standard InChI is InChI=1S/C16H26O/c1-11(2)12(3)15(16(4,5)6)13-9-7-8-10-14(13)17/h7-12,15,17H,1-6H3. The van der Waals surface area contributed by atoms with E-state index in [1.807, 2.05) is 12.1 Å². The topological polar surface area (TPSA) is 20.2 Å². The van der Waals surface area contributed by atoms with Crippen LogP contribution in [-0.2, 0) is 0 Å². The molecule has 17 heavy (non-hydrogen) atoms. The zero-order valence-electron chi connectivity index (χ0n) is 12.0. The number of aromatic hydroxyl groups is 1. The first kappa shape index (κ1) is 14.1. The van der Waals surface area contributed by atoms with Crippen molar-refractivity contribution in [1.82, 2.24) is 0 Å². The molecule has 0 aromatic heterocycles. The Kier molecular flexibility index (Phi) is 4.24. The average molecular weight is 234 g/mol. The Morgan fingerprint density at radius 1 is 1.00 bits per heavy atom. The molecule has 0 aliphatic rings. The molecular formula is C16H26O. The molecule has 0 amide bonds. The minimum Gasteiger partial charge on any atom is -0.508 e. The second kappa shape index (κ2) is 5.12. The van der Waals surface area contributed by atoms with Crippen molar-refractivity contribution in [3.05, 3.63) is 29.8 Å². The first-order chi connectivity index (χ1) is 7.75. The SMILES string of the molecule is CC(C)C(C)C(c1ccccc1O)C(C)(C)C. The summed E-state index contributed by atoms with van der Waals surface area (Å²) in [6.07, 6.45) is 0. The van der Waals surface area contributed by atoms with E-state index in [0.717, 1.165) is 5.56 Å². The molecule has 0 saturated heterocycles. The van der Waals surface area contributed by atoms with Gasteiger partial charge in [-0.05, 0) is 34.8 Å². The van der Waals surface area contributed by atoms with Crippen molar-refractivity contribution in [3.63, 3.8) is 0 Å². The highest BCUT2D eigenvalue weighted by Crippen LogP contribution is 2.45. The smallest absolute Gasteiger partial charge is 0.119 e. The quantitative estimate of drug-likeness (QED) is 0.795. The van der Waals surface area contributed by atoms with Gasteiger partial charge in [-0.3, -0.25) is 0 Å². The van der Waals surface area contributed by atoms with Crippen molar-refractivity contribution in [2.24, 2.45) is 17.3 Å². The van der Waals surface area contributed by atoms with Gasteiger partial charge < -0.3 is 5.11 Å². The molecule has 1 N–H and O–H groups in total. The monoisotopic (exact) mass is 234 g/mol. The van der Waals surface area contributed by atoms with Crippen LogP contribution >= 0.6 is 0 Å². The van der Waals surface area contributed by atoms with E-state index in [4.69, 9.17) is 0 Å². The molecule has 2 atom stereocenters. The van der Waals surface area contributed by atoms with E-state index in [1.165, 1.54) is 0 Å². The Hall–Kier alpha value is -0.980. The fraction of sp³-hybridized carbons (Fsp3) is 0.625. The third kappa shape index (κ3) is 3.24. The minimum atomic E-state index is 0.155. The van der Waals surface area contributed by atoms with Crippen molar-refractivity contribution >= 4 is 0 Å². The van der Waals surface area contributed by atoms with Crippen LogP contribution in [-0.4, -0.2) is 5.11 Å². The molecule has 1 rings (SSSR count). The fourth-order valence-corrected chi connectivity index (χ4v) is 2.67. The summed E-state index contributed by atoms with van der Waals surface area (Å²) in [6.45, 7) is 13.6. The number of phenols is 1. The number of benzene rings is 1. The van der Waals surface area contributed by atoms with E-state index in [0.29, 0.717) is 23.5 Å². The Morgan fingerprint density at radius 3 is 1.94 bits per heavy atom. The molecule has 0 saturated carbocycles. The van der Waals surface area contributed by atoms with E-state index in [1.54, 1.807) is 6.07 Å². The normalized spacial score (nSPS) is 15.9. The van der Waals surface area contributed by atoms with Crippen LogP contribution in [0.25, 0.3) is 0 Å². The molecule has 0 heterocycles. The zero-order chi connectivity index (χ0) is 13.2. The summed E-state index contributed by atoms with van der Waals surface area (Å²) in [6, 6.07) is 7.75. The summed E-state index contributed by atoms with van der Waals surface area (Å²) in [5, 5.41) is 10.1. The molecule has 1 aromatic carbocycles. The Bertz CT molecular complexity index is 360. The van der Waals surface area contributed by atoms with E-state index < -0.39 is 0 Å². The molecule has 0 aliphatic carbocycles. The fourth-order valence-electron chi connectivity index (χ4n) is 2.67. The maximum absolute atomic E-state index is 10.1. The lowest BCUT2D eigenvalue weighted by Crippen LogP contribution is -2.27. The largest absolute Gasteiger partial charge is 0.508 e. The van der Waals surface area contributed by atoms with Crippen LogP contribution in [0.3, 0.4) is 0 Å². The lowest BCUT2D eigenvalue weighted by molar-refractivity contribution is 0.201. The Labute approximate surface area is 106 Å². The van der Waals surface area contributed by atoms with Gasteiger partial charge in [0.1, 0.15) is 5.75 Å². The molecule has 96 valence electrons. The van der Waals surface area contributed by atoms with Crippen LogP contribution in [0.2, 0.25) is 0 Å². The lowest BCUT2D eigenvalue weighted by Gasteiger charge is -2.38. The third-order valence-electron chi connectivity index (χ3n) is 3.78. The van der Waals surface area contributed by atoms with Gasteiger partial charge in [0.2, 0.25) is 0 Å². The van der Waals surface area contributed by atoms with E-state index >= 15 is 0 Å². The van der Waals surface area contributed by atoms with Gasteiger partial charge in [-0.25, -0.2) is 0 Å². The van der Waals surface area contributed by atoms with Crippen molar-refractivity contribution in [2.45, 2.75) is 47.5 Å². The molecule has 2 unspecified atom stereocenters. The van der Waals surface area contributed by atoms with E-state index in [2.05, 4.69) is 47.6 Å². The molecule has 0 bridgehead atoms. The average Bonchev–Trinajstić information content (AvgIpc) is 2.19. The highest BCUT2D eigenvalue weighted by atomic mass is 16.3. The summed E-state index contributed by atoms with van der Waals surface area (Å²) in [4.78, 5) is 0. The van der Waals surface area contributed by atoms with Gasteiger partial charge in [0.15, 0.2) is 0 Å². The van der Waals surface area contributed by atoms with Gasteiger partial charge >= 0.3 is 0 Å². The van der Waals surface area contributed by atoms with E-state index in [-0.39, 0.29) is 5.41 Å². The van der Waals surface area contributed by atoms with Crippen LogP contribution < -0.4 is 0 Å². The second-order valence-electron chi connectivity index (χ2n) is 6.51. The zero-order valence-corrected chi connectivity index (χ0v) is 12.0. The number of phenolic OH excluding ortho intramolecular Hbond substituents is 1. The Balaban J connectivity index is 3.21. The summed E-state index contributed by atoms with van der Waals surface area (Å²) in [7, 11) is 0. The first-order valence-electron chi connectivity index (χ1n) is 6.53. The summed E-state index contributed by atoms with van der Waals surface area (Å²) in [5.74, 6) is 1.96. The molecule has 0 radical (unpaired) electrons. The third-order valence-corrected chi connectivity index (χ3v) is 3.78. The van der Waals surface area contributed by atoms with Crippen molar-refractivity contribution < 1.29 is 5.11 Å². The maximum Gasteiger partial charge on any atom is 0.119 e. The molecule has 1 aromatic rings. The van der Waals surface area contributed by atoms with Crippen LogP contribution in [0.15, 0.2) is 24.3 Å². The van der Waals surface area contributed by atoms with Crippen LogP contribution in [0.1, 0.15) is 53.0 Å². The van der Waals surface area contributed by atoms with Crippen LogP contribution in [0.4, 0.5) is 0 Å². The lowest BCUT2D eigenvalue weighted by atomic mass is 9.67. The van der Waals surface area contributed by atoms with Crippen molar-refractivity contribution in [3.8, 4) is 5.75 Å². The van der Waals surface area contributed by atoms with Gasteiger partial charge in [-0.1, -0.05) is 59.7 Å². The van der Waals surface area contributed by atoms with Gasteiger partial charge in [0.05, 0.1) is 0 Å². The highest BCUT2D eigenvalue weighted by Gasteiger charge is 2.33. The predicted molar refractivity (Wildman–Crippen MR) is 74.3 cm³/mol. The van der Waals surface area contributed by atoms with Gasteiger partial charge in [0.25, 0.3) is 0 Å². The number of rotatable bonds is 3. The first-order valence-corrected chi connectivity index (χ1v) is 6.53. The van der Waals surface area contributed by atoms with Gasteiger partial charge in [-0.15, -0.1) is 0 Å². The molecular weight excluding hydrogens is 208 g/mol. The molecule has 0 spiro atoms. The summed E-state index contributed by atoms with van der Waals surface area (Å²) < 4.78 is 0. The number of para-hydroxylation sites is 1. The molecule has 1 heteroatoms. The van der Waals surface area contributed by atoms with Crippen LogP contribution in [0, 0.1) is 17.3 Å². The Morgan fingerprint density at radius 2 is 1.53 bits per heavy atom. The predicted octanol–water partition coefficient (Wildman–Crippen LogP) is 4.81. The number of hydrogen-bond donors (Lipinski definition) is 1. The van der Waals surface area contributed by atoms with Gasteiger partial charge in [0, 0.05) is 0 Å². The maximum atomic E-state index is 10.1.